The van der Waals surface area contributed by atoms with Gasteiger partial charge in [-0.25, -0.2) is 18.7 Å². The number of aryl methyl sites for hydroxylation is 1. The third kappa shape index (κ3) is 3.95. The fourth-order valence-corrected chi connectivity index (χ4v) is 5.74. The summed E-state index contributed by atoms with van der Waals surface area (Å²) < 4.78 is 30.8. The lowest BCUT2D eigenvalue weighted by Crippen LogP contribution is -2.40. The second-order valence-corrected chi connectivity index (χ2v) is 10.4. The summed E-state index contributed by atoms with van der Waals surface area (Å²) in [7, 11) is 0. The number of amides is 1. The van der Waals surface area contributed by atoms with E-state index in [0.29, 0.717) is 18.1 Å². The molecule has 1 aliphatic carbocycles. The number of nitrogens with two attached hydrogens (primary N) is 1. The molecule has 2 atom stereocenters. The van der Waals surface area contributed by atoms with E-state index in [-0.39, 0.29) is 29.0 Å². The van der Waals surface area contributed by atoms with Gasteiger partial charge in [0.15, 0.2) is 5.82 Å². The lowest BCUT2D eigenvalue weighted by atomic mass is 9.62. The molecule has 0 fully saturated rings. The molecule has 1 aromatic carbocycles. The van der Waals surface area contributed by atoms with Crippen LogP contribution in [0.15, 0.2) is 48.8 Å². The van der Waals surface area contributed by atoms with E-state index >= 15 is 0 Å². The van der Waals surface area contributed by atoms with Gasteiger partial charge in [-0.15, -0.1) is 5.10 Å². The highest BCUT2D eigenvalue weighted by atomic mass is 19.1. The van der Waals surface area contributed by atoms with Crippen LogP contribution in [0.25, 0.3) is 22.8 Å². The van der Waals surface area contributed by atoms with E-state index in [2.05, 4.69) is 48.0 Å². The number of hydrogen-bond acceptors (Lipinski definition) is 6. The first-order chi connectivity index (χ1) is 18.1. The molecule has 196 valence electrons. The molecule has 1 aliphatic rings. The summed E-state index contributed by atoms with van der Waals surface area (Å²) in [5.74, 6) is -1.27. The first-order valence-electron chi connectivity index (χ1n) is 12.6. The lowest BCUT2D eigenvalue weighted by Gasteiger charge is -2.41. The summed E-state index contributed by atoms with van der Waals surface area (Å²) in [5, 5.41) is 13.4. The van der Waals surface area contributed by atoms with Crippen LogP contribution in [0.1, 0.15) is 63.4 Å². The van der Waals surface area contributed by atoms with Crippen molar-refractivity contribution in [1.29, 1.82) is 0 Å². The van der Waals surface area contributed by atoms with Gasteiger partial charge in [0, 0.05) is 25.4 Å². The minimum atomic E-state index is -0.678. The number of carbonyl (C=O) groups excluding carboxylic acids is 1. The molecule has 1 amide bonds. The van der Waals surface area contributed by atoms with E-state index in [1.807, 2.05) is 6.07 Å². The number of primary amides is 1. The number of benzene rings is 1. The Balaban J connectivity index is 1.60. The predicted molar refractivity (Wildman–Crippen MR) is 138 cm³/mol. The molecule has 8 nitrogen and oxygen atoms in total. The van der Waals surface area contributed by atoms with Crippen molar-refractivity contribution in [1.82, 2.24) is 29.9 Å². The van der Waals surface area contributed by atoms with Crippen LogP contribution < -0.4 is 5.73 Å². The third-order valence-corrected chi connectivity index (χ3v) is 8.08. The molecule has 2 N–H and O–H groups in total. The van der Waals surface area contributed by atoms with Gasteiger partial charge in [-0.3, -0.25) is 9.48 Å². The summed E-state index contributed by atoms with van der Waals surface area (Å²) in [6, 6.07) is 9.20. The minimum Gasteiger partial charge on any atom is -0.370 e. The predicted octanol–water partition coefficient (Wildman–Crippen LogP) is 4.79. The molecule has 5 rings (SSSR count). The minimum absolute atomic E-state index is 0.0398. The van der Waals surface area contributed by atoms with Crippen molar-refractivity contribution in [2.24, 2.45) is 11.1 Å². The number of halogens is 2. The highest BCUT2D eigenvalue weighted by Gasteiger charge is 2.57. The Hall–Kier alpha value is -4.08. The molecule has 0 saturated carbocycles. The number of fused-ring (bicyclic) bond motifs is 1. The Bertz CT molecular complexity index is 1510. The standard InChI is InChI=1S/C28H29F2N7O/c1-5-17-16-15-21(24-18(29)7-6-8-19(24)30)34-35-25(16)28(4,27(17,2)3)22-9-12-32-26(33-22)20-10-13-37(36-20)14-11-23(31)38/h6-10,12-13,15,17H,5,11,14H2,1-4H3,(H2,31,38)/t17-,28-/m0/s1. The summed E-state index contributed by atoms with van der Waals surface area (Å²) in [5.41, 5.74) is 7.16. The number of aromatic nitrogens is 6. The molecule has 0 bridgehead atoms. The molecule has 0 radical (unpaired) electrons. The van der Waals surface area contributed by atoms with Crippen LogP contribution in [0.5, 0.6) is 0 Å². The van der Waals surface area contributed by atoms with Crippen LogP contribution in [0.2, 0.25) is 0 Å². The van der Waals surface area contributed by atoms with E-state index in [0.717, 1.165) is 23.4 Å². The summed E-state index contributed by atoms with van der Waals surface area (Å²) in [4.78, 5) is 20.5. The van der Waals surface area contributed by atoms with Gasteiger partial charge in [-0.05, 0) is 60.6 Å². The topological polar surface area (TPSA) is 112 Å². The second kappa shape index (κ2) is 9.34. The second-order valence-electron chi connectivity index (χ2n) is 10.4. The van der Waals surface area contributed by atoms with E-state index in [4.69, 9.17) is 10.7 Å². The maximum absolute atomic E-state index is 14.6. The van der Waals surface area contributed by atoms with Gasteiger partial charge in [0.1, 0.15) is 17.3 Å². The zero-order valence-electron chi connectivity index (χ0n) is 21.7. The third-order valence-electron chi connectivity index (χ3n) is 8.08. The summed E-state index contributed by atoms with van der Waals surface area (Å²) >= 11 is 0. The molecule has 4 aromatic rings. The van der Waals surface area contributed by atoms with Crippen LogP contribution in [-0.4, -0.2) is 35.9 Å². The molecule has 38 heavy (non-hydrogen) atoms. The van der Waals surface area contributed by atoms with Crippen molar-refractivity contribution in [3.8, 4) is 22.8 Å². The van der Waals surface area contributed by atoms with Crippen molar-refractivity contribution in [3.63, 3.8) is 0 Å². The normalized spacial score (nSPS) is 19.9. The van der Waals surface area contributed by atoms with Gasteiger partial charge in [0.2, 0.25) is 5.91 Å². The van der Waals surface area contributed by atoms with E-state index < -0.39 is 23.0 Å². The fraction of sp³-hybridized carbons (Fsp3) is 0.357. The Morgan fingerprint density at radius 1 is 1.08 bits per heavy atom. The SMILES string of the molecule is CC[C@H]1c2cc(-c3c(F)cccc3F)nnc2[C@](C)(c2ccnc(-c3ccn(CCC(N)=O)n3)n2)C1(C)C. The van der Waals surface area contributed by atoms with E-state index in [9.17, 15) is 13.6 Å². The Labute approximate surface area is 219 Å². The molecule has 0 spiro atoms. The van der Waals surface area contributed by atoms with Crippen molar-refractivity contribution >= 4 is 5.91 Å². The lowest BCUT2D eigenvalue weighted by molar-refractivity contribution is -0.118. The zero-order valence-corrected chi connectivity index (χ0v) is 21.7. The Morgan fingerprint density at radius 2 is 1.82 bits per heavy atom. The highest BCUT2D eigenvalue weighted by Crippen LogP contribution is 2.61. The van der Waals surface area contributed by atoms with Crippen LogP contribution >= 0.6 is 0 Å². The monoisotopic (exact) mass is 517 g/mol. The molecule has 0 saturated heterocycles. The van der Waals surface area contributed by atoms with Gasteiger partial charge in [0.05, 0.1) is 28.1 Å². The number of hydrogen-bond donors (Lipinski definition) is 1. The average Bonchev–Trinajstić information content (AvgIpc) is 3.42. The van der Waals surface area contributed by atoms with Crippen LogP contribution in [0.4, 0.5) is 8.78 Å². The molecule has 3 aromatic heterocycles. The van der Waals surface area contributed by atoms with Crippen molar-refractivity contribution in [2.75, 3.05) is 0 Å². The first kappa shape index (κ1) is 25.6. The van der Waals surface area contributed by atoms with Crippen molar-refractivity contribution in [3.05, 3.63) is 77.4 Å². The number of nitrogens with zero attached hydrogens (tertiary/aromatic N) is 6. The van der Waals surface area contributed by atoms with Gasteiger partial charge in [-0.1, -0.05) is 26.8 Å². The van der Waals surface area contributed by atoms with Crippen LogP contribution in [0, 0.1) is 17.0 Å². The van der Waals surface area contributed by atoms with Gasteiger partial charge in [0.25, 0.3) is 0 Å². The molecule has 0 aliphatic heterocycles. The summed E-state index contributed by atoms with van der Waals surface area (Å²) in [6.07, 6.45) is 4.42. The van der Waals surface area contributed by atoms with Crippen LogP contribution in [0.3, 0.4) is 0 Å². The highest BCUT2D eigenvalue weighted by molar-refractivity contribution is 5.73. The molecule has 3 heterocycles. The van der Waals surface area contributed by atoms with E-state index in [1.54, 1.807) is 29.2 Å². The maximum atomic E-state index is 14.6. The molecular formula is C28H29F2N7O. The molecule has 10 heteroatoms. The number of rotatable bonds is 7. The largest absolute Gasteiger partial charge is 0.370 e. The Morgan fingerprint density at radius 3 is 2.50 bits per heavy atom. The smallest absolute Gasteiger partial charge is 0.219 e. The van der Waals surface area contributed by atoms with Crippen molar-refractivity contribution < 1.29 is 13.6 Å². The van der Waals surface area contributed by atoms with Gasteiger partial charge < -0.3 is 5.73 Å². The van der Waals surface area contributed by atoms with Crippen LogP contribution in [-0.2, 0) is 16.8 Å². The number of carbonyl (C=O) groups is 1. The van der Waals surface area contributed by atoms with Crippen molar-refractivity contribution in [2.45, 2.75) is 58.4 Å². The summed E-state index contributed by atoms with van der Waals surface area (Å²) in [6.45, 7) is 8.86. The quantitative estimate of drug-likeness (QED) is 0.377. The van der Waals surface area contributed by atoms with Gasteiger partial charge in [-0.2, -0.15) is 10.2 Å². The average molecular weight is 518 g/mol. The fourth-order valence-electron chi connectivity index (χ4n) is 5.74. The zero-order chi connectivity index (χ0) is 27.2. The first-order valence-corrected chi connectivity index (χ1v) is 12.6. The van der Waals surface area contributed by atoms with E-state index in [1.165, 1.54) is 18.2 Å². The Kier molecular flexibility index (Phi) is 6.28. The molecule has 0 unspecified atom stereocenters. The molecular weight excluding hydrogens is 488 g/mol. The maximum Gasteiger partial charge on any atom is 0.219 e. The van der Waals surface area contributed by atoms with Gasteiger partial charge >= 0.3 is 0 Å².